The maximum absolute atomic E-state index is 12.3. The molecule has 0 radical (unpaired) electrons. The van der Waals surface area contributed by atoms with Gasteiger partial charge in [-0.3, -0.25) is 4.79 Å². The van der Waals surface area contributed by atoms with Crippen LogP contribution in [0.4, 0.5) is 0 Å². The normalized spacial score (nSPS) is 10.6. The number of hydrogen-bond donors (Lipinski definition) is 1. The van der Waals surface area contributed by atoms with E-state index in [2.05, 4.69) is 18.4 Å². The molecule has 1 aromatic carbocycles. The van der Waals surface area contributed by atoms with Crippen LogP contribution < -0.4 is 5.73 Å². The van der Waals surface area contributed by atoms with Crippen LogP contribution >= 0.6 is 11.3 Å². The third-order valence-electron chi connectivity index (χ3n) is 3.45. The van der Waals surface area contributed by atoms with E-state index in [4.69, 9.17) is 5.73 Å². The maximum Gasteiger partial charge on any atom is 0.227 e. The van der Waals surface area contributed by atoms with Gasteiger partial charge in [-0.15, -0.1) is 11.3 Å². The van der Waals surface area contributed by atoms with Gasteiger partial charge in [-0.05, 0) is 35.1 Å². The van der Waals surface area contributed by atoms with Crippen molar-refractivity contribution in [2.24, 2.45) is 5.73 Å². The van der Waals surface area contributed by atoms with Crippen LogP contribution in [0, 0.1) is 6.92 Å². The van der Waals surface area contributed by atoms with Crippen molar-refractivity contribution >= 4 is 17.2 Å². The highest BCUT2D eigenvalue weighted by atomic mass is 32.1. The van der Waals surface area contributed by atoms with Crippen LogP contribution in [0.5, 0.6) is 0 Å². The lowest BCUT2D eigenvalue weighted by molar-refractivity contribution is -0.129. The number of benzene rings is 1. The van der Waals surface area contributed by atoms with Gasteiger partial charge in [-0.25, -0.2) is 0 Å². The van der Waals surface area contributed by atoms with Crippen molar-refractivity contribution in [2.75, 3.05) is 7.05 Å². The predicted molar refractivity (Wildman–Crippen MR) is 83.6 cm³/mol. The summed E-state index contributed by atoms with van der Waals surface area (Å²) < 4.78 is 0. The minimum atomic E-state index is 0.124. The molecule has 0 unspecified atom stereocenters. The number of nitrogens with two attached hydrogens (primary N) is 1. The summed E-state index contributed by atoms with van der Waals surface area (Å²) in [6, 6.07) is 9.94. The molecular formula is C16H20N2OS. The van der Waals surface area contributed by atoms with Gasteiger partial charge in [0.1, 0.15) is 0 Å². The Kier molecular flexibility index (Phi) is 4.93. The molecule has 0 atom stereocenters. The molecule has 2 rings (SSSR count). The number of amides is 1. The van der Waals surface area contributed by atoms with Gasteiger partial charge in [0.25, 0.3) is 0 Å². The molecule has 2 N–H and O–H groups in total. The predicted octanol–water partition coefficient (Wildman–Crippen LogP) is 2.72. The van der Waals surface area contributed by atoms with Crippen molar-refractivity contribution in [3.8, 4) is 0 Å². The Morgan fingerprint density at radius 3 is 2.55 bits per heavy atom. The third kappa shape index (κ3) is 3.46. The lowest BCUT2D eigenvalue weighted by Gasteiger charge is -2.18. The van der Waals surface area contributed by atoms with Crippen molar-refractivity contribution in [1.29, 1.82) is 0 Å². The average molecular weight is 288 g/mol. The van der Waals surface area contributed by atoms with Gasteiger partial charge in [0.15, 0.2) is 0 Å². The summed E-state index contributed by atoms with van der Waals surface area (Å²) in [4.78, 5) is 15.3. The van der Waals surface area contributed by atoms with Gasteiger partial charge >= 0.3 is 0 Å². The lowest BCUT2D eigenvalue weighted by Crippen LogP contribution is -2.28. The summed E-state index contributed by atoms with van der Waals surface area (Å²) in [6.45, 7) is 3.22. The number of likely N-dealkylation sites (N-methyl/N-ethyl adjacent to an activating group) is 1. The van der Waals surface area contributed by atoms with Crippen LogP contribution in [-0.2, 0) is 24.3 Å². The summed E-state index contributed by atoms with van der Waals surface area (Å²) in [7, 11) is 1.85. The second-order valence-electron chi connectivity index (χ2n) is 4.93. The molecule has 20 heavy (non-hydrogen) atoms. The van der Waals surface area contributed by atoms with E-state index in [9.17, 15) is 4.79 Å². The Hall–Kier alpha value is -1.65. The van der Waals surface area contributed by atoms with Gasteiger partial charge in [0.05, 0.1) is 13.0 Å². The van der Waals surface area contributed by atoms with Crippen LogP contribution in [0.15, 0.2) is 35.7 Å². The molecule has 0 aliphatic carbocycles. The number of nitrogens with zero attached hydrogens (tertiary/aromatic N) is 1. The first-order valence-corrected chi connectivity index (χ1v) is 7.53. The van der Waals surface area contributed by atoms with Gasteiger partial charge in [-0.2, -0.15) is 0 Å². The highest BCUT2D eigenvalue weighted by molar-refractivity contribution is 7.10. The Labute approximate surface area is 124 Å². The number of thiophene rings is 1. The topological polar surface area (TPSA) is 46.3 Å². The summed E-state index contributed by atoms with van der Waals surface area (Å²) in [5, 5.41) is 2.06. The Balaban J connectivity index is 2.02. The van der Waals surface area contributed by atoms with Gasteiger partial charge in [-0.1, -0.05) is 24.3 Å². The van der Waals surface area contributed by atoms with Gasteiger partial charge < -0.3 is 10.6 Å². The number of carbonyl (C=O) groups is 1. The molecule has 0 aliphatic heterocycles. The molecule has 0 spiro atoms. The number of carbonyl (C=O) groups excluding carboxylic acids is 1. The number of hydrogen-bond acceptors (Lipinski definition) is 3. The molecule has 2 aromatic rings. The summed E-state index contributed by atoms with van der Waals surface area (Å²) in [6.07, 6.45) is 0.411. The quantitative estimate of drug-likeness (QED) is 0.919. The minimum Gasteiger partial charge on any atom is -0.340 e. The van der Waals surface area contributed by atoms with Crippen molar-refractivity contribution in [3.05, 3.63) is 57.3 Å². The zero-order chi connectivity index (χ0) is 14.5. The first kappa shape index (κ1) is 14.8. The fourth-order valence-corrected chi connectivity index (χ4v) is 3.06. The van der Waals surface area contributed by atoms with E-state index < -0.39 is 0 Å². The zero-order valence-electron chi connectivity index (χ0n) is 11.9. The average Bonchev–Trinajstić information content (AvgIpc) is 2.84. The van der Waals surface area contributed by atoms with Crippen LogP contribution in [0.3, 0.4) is 0 Å². The maximum atomic E-state index is 12.3. The van der Waals surface area contributed by atoms with Crippen molar-refractivity contribution in [2.45, 2.75) is 26.4 Å². The van der Waals surface area contributed by atoms with E-state index >= 15 is 0 Å². The van der Waals surface area contributed by atoms with E-state index in [1.807, 2.05) is 31.3 Å². The second-order valence-corrected chi connectivity index (χ2v) is 5.93. The summed E-state index contributed by atoms with van der Waals surface area (Å²) in [5.41, 5.74) is 9.02. The largest absolute Gasteiger partial charge is 0.340 e. The molecule has 4 heteroatoms. The third-order valence-corrected chi connectivity index (χ3v) is 4.46. The molecule has 1 heterocycles. The smallest absolute Gasteiger partial charge is 0.227 e. The van der Waals surface area contributed by atoms with E-state index in [0.717, 1.165) is 11.1 Å². The van der Waals surface area contributed by atoms with Crippen molar-refractivity contribution in [3.63, 3.8) is 0 Å². The molecule has 0 aliphatic rings. The number of aryl methyl sites for hydroxylation is 1. The first-order valence-electron chi connectivity index (χ1n) is 6.65. The molecule has 0 saturated carbocycles. The summed E-state index contributed by atoms with van der Waals surface area (Å²) in [5.74, 6) is 0.124. The van der Waals surface area contributed by atoms with Crippen LogP contribution in [-0.4, -0.2) is 17.9 Å². The minimum absolute atomic E-state index is 0.124. The van der Waals surface area contributed by atoms with E-state index in [1.165, 1.54) is 10.4 Å². The standard InChI is InChI=1S/C16H20N2OS/c1-12-7-8-20-15(12)11-18(2)16(19)9-13-5-3-4-6-14(13)10-17/h3-8H,9-11,17H2,1-2H3. The van der Waals surface area contributed by atoms with Gasteiger partial charge in [0.2, 0.25) is 5.91 Å². The highest BCUT2D eigenvalue weighted by Crippen LogP contribution is 2.18. The Bertz CT molecular complexity index is 592. The second kappa shape index (κ2) is 6.68. The van der Waals surface area contributed by atoms with Gasteiger partial charge in [0, 0.05) is 18.5 Å². The van der Waals surface area contributed by atoms with Crippen LogP contribution in [0.1, 0.15) is 21.6 Å². The SMILES string of the molecule is Cc1ccsc1CN(C)C(=O)Cc1ccccc1CN. The first-order chi connectivity index (χ1) is 9.61. The van der Waals surface area contributed by atoms with E-state index in [0.29, 0.717) is 19.5 Å². The zero-order valence-corrected chi connectivity index (χ0v) is 12.7. The van der Waals surface area contributed by atoms with E-state index in [-0.39, 0.29) is 5.91 Å². The fraction of sp³-hybridized carbons (Fsp3) is 0.312. The molecule has 1 aromatic heterocycles. The fourth-order valence-electron chi connectivity index (χ4n) is 2.10. The van der Waals surface area contributed by atoms with Crippen molar-refractivity contribution < 1.29 is 4.79 Å². The Morgan fingerprint density at radius 1 is 1.25 bits per heavy atom. The molecule has 0 bridgehead atoms. The molecular weight excluding hydrogens is 268 g/mol. The number of rotatable bonds is 5. The lowest BCUT2D eigenvalue weighted by atomic mass is 10.0. The van der Waals surface area contributed by atoms with Crippen LogP contribution in [0.2, 0.25) is 0 Å². The van der Waals surface area contributed by atoms with Crippen molar-refractivity contribution in [1.82, 2.24) is 4.90 Å². The molecule has 0 saturated heterocycles. The monoisotopic (exact) mass is 288 g/mol. The summed E-state index contributed by atoms with van der Waals surface area (Å²) >= 11 is 1.70. The highest BCUT2D eigenvalue weighted by Gasteiger charge is 2.13. The van der Waals surface area contributed by atoms with Crippen LogP contribution in [0.25, 0.3) is 0 Å². The molecule has 3 nitrogen and oxygen atoms in total. The Morgan fingerprint density at radius 2 is 1.95 bits per heavy atom. The van der Waals surface area contributed by atoms with E-state index in [1.54, 1.807) is 16.2 Å². The molecule has 106 valence electrons. The molecule has 0 fully saturated rings. The molecule has 1 amide bonds.